The Labute approximate surface area is 215 Å². The number of nitrogens with one attached hydrogen (secondary N) is 4. The Hall–Kier alpha value is -3.80. The molecule has 1 heterocycles. The van der Waals surface area contributed by atoms with E-state index in [1.165, 1.54) is 54.4 Å². The predicted molar refractivity (Wildman–Crippen MR) is 138 cm³/mol. The van der Waals surface area contributed by atoms with Crippen molar-refractivity contribution in [3.8, 4) is 0 Å². The number of halogens is 2. The van der Waals surface area contributed by atoms with Gasteiger partial charge >= 0.3 is 5.69 Å². The zero-order chi connectivity index (χ0) is 26.0. The van der Waals surface area contributed by atoms with E-state index in [9.17, 15) is 22.8 Å². The molecule has 13 heteroatoms. The minimum absolute atomic E-state index is 0.0465. The number of sulfonamides is 1. The van der Waals surface area contributed by atoms with E-state index in [1.807, 2.05) is 0 Å². The van der Waals surface area contributed by atoms with Gasteiger partial charge in [-0.25, -0.2) is 13.2 Å². The van der Waals surface area contributed by atoms with E-state index in [2.05, 4.69) is 20.0 Å². The average molecular weight is 548 g/mol. The van der Waals surface area contributed by atoms with Crippen LogP contribution in [-0.4, -0.2) is 48.7 Å². The number of para-hydroxylation sites is 1. The van der Waals surface area contributed by atoms with Gasteiger partial charge in [0.2, 0.25) is 5.91 Å². The first-order valence-corrected chi connectivity index (χ1v) is 12.6. The molecule has 0 bridgehead atoms. The quantitative estimate of drug-likeness (QED) is 0.279. The number of fused-ring (bicyclic) bond motifs is 1. The van der Waals surface area contributed by atoms with Crippen molar-refractivity contribution < 1.29 is 18.0 Å². The van der Waals surface area contributed by atoms with Crippen LogP contribution < -0.4 is 15.7 Å². The van der Waals surface area contributed by atoms with E-state index in [-0.39, 0.29) is 38.4 Å². The van der Waals surface area contributed by atoms with Crippen molar-refractivity contribution in [3.05, 3.63) is 86.8 Å². The van der Waals surface area contributed by atoms with Crippen molar-refractivity contribution in [1.29, 1.82) is 0 Å². The molecule has 36 heavy (non-hydrogen) atoms. The van der Waals surface area contributed by atoms with Crippen LogP contribution in [0, 0.1) is 0 Å². The first-order valence-electron chi connectivity index (χ1n) is 10.4. The highest BCUT2D eigenvalue weighted by molar-refractivity contribution is 7.92. The number of amides is 2. The number of rotatable bonds is 7. The number of imidazole rings is 1. The Morgan fingerprint density at radius 1 is 0.944 bits per heavy atom. The lowest BCUT2D eigenvalue weighted by Crippen LogP contribution is -2.35. The standard InChI is InChI=1S/C23H19Cl2N5O5S/c1-30(12-20(31)28-21-16(24)3-2-4-17(21)25)22(32)13-5-7-14(8-6-13)29-36(34,35)15-9-10-18-19(11-15)27-23(33)26-18/h2-11,29H,12H2,1H3,(H,28,31)(H2,26,27,33). The smallest absolute Gasteiger partial charge is 0.323 e. The molecule has 0 aliphatic rings. The van der Waals surface area contributed by atoms with Gasteiger partial charge in [-0.05, 0) is 54.6 Å². The summed E-state index contributed by atoms with van der Waals surface area (Å²) in [5, 5.41) is 3.12. The number of aromatic nitrogens is 2. The van der Waals surface area contributed by atoms with E-state index in [1.54, 1.807) is 18.2 Å². The molecular formula is C23H19Cl2N5O5S. The molecule has 10 nitrogen and oxygen atoms in total. The van der Waals surface area contributed by atoms with Crippen molar-refractivity contribution in [1.82, 2.24) is 14.9 Å². The molecule has 0 atom stereocenters. The van der Waals surface area contributed by atoms with Gasteiger partial charge in [0.05, 0.1) is 38.2 Å². The van der Waals surface area contributed by atoms with Crippen LogP contribution in [-0.2, 0) is 14.8 Å². The van der Waals surface area contributed by atoms with E-state index in [4.69, 9.17) is 23.2 Å². The Morgan fingerprint density at radius 3 is 2.25 bits per heavy atom. The maximum absolute atomic E-state index is 12.7. The first-order chi connectivity index (χ1) is 17.0. The number of hydrogen-bond donors (Lipinski definition) is 4. The van der Waals surface area contributed by atoms with Crippen LogP contribution in [0.1, 0.15) is 10.4 Å². The van der Waals surface area contributed by atoms with Crippen LogP contribution in [0.2, 0.25) is 10.0 Å². The molecule has 4 aromatic rings. The van der Waals surface area contributed by atoms with E-state index >= 15 is 0 Å². The van der Waals surface area contributed by atoms with Gasteiger partial charge in [-0.2, -0.15) is 0 Å². The zero-order valence-corrected chi connectivity index (χ0v) is 21.0. The average Bonchev–Trinajstić information content (AvgIpc) is 3.20. The molecule has 0 unspecified atom stereocenters. The predicted octanol–water partition coefficient (Wildman–Crippen LogP) is 3.67. The van der Waals surface area contributed by atoms with Crippen molar-refractivity contribution in [3.63, 3.8) is 0 Å². The van der Waals surface area contributed by atoms with Crippen LogP contribution in [0.25, 0.3) is 11.0 Å². The van der Waals surface area contributed by atoms with E-state index in [0.717, 1.165) is 0 Å². The van der Waals surface area contributed by atoms with Crippen LogP contribution >= 0.6 is 23.2 Å². The molecular weight excluding hydrogens is 529 g/mol. The molecule has 0 radical (unpaired) electrons. The van der Waals surface area contributed by atoms with Gasteiger partial charge < -0.3 is 20.2 Å². The van der Waals surface area contributed by atoms with Crippen LogP contribution in [0.5, 0.6) is 0 Å². The largest absolute Gasteiger partial charge is 0.332 e. The molecule has 0 spiro atoms. The fraction of sp³-hybridized carbons (Fsp3) is 0.0870. The molecule has 0 aliphatic heterocycles. The topological polar surface area (TPSA) is 144 Å². The molecule has 4 N–H and O–H groups in total. The van der Waals surface area contributed by atoms with Gasteiger partial charge in [-0.1, -0.05) is 29.3 Å². The molecule has 4 rings (SSSR count). The molecule has 0 saturated carbocycles. The molecule has 0 saturated heterocycles. The summed E-state index contributed by atoms with van der Waals surface area (Å²) in [6.07, 6.45) is 0. The van der Waals surface area contributed by atoms with Crippen molar-refractivity contribution in [2.45, 2.75) is 4.90 Å². The highest BCUT2D eigenvalue weighted by atomic mass is 35.5. The molecule has 3 aromatic carbocycles. The van der Waals surface area contributed by atoms with Crippen LogP contribution in [0.15, 0.2) is 70.4 Å². The van der Waals surface area contributed by atoms with E-state index in [0.29, 0.717) is 11.0 Å². The summed E-state index contributed by atoms with van der Waals surface area (Å²) in [5.74, 6) is -0.947. The summed E-state index contributed by atoms with van der Waals surface area (Å²) in [6.45, 7) is -0.265. The number of aromatic amines is 2. The number of nitrogens with zero attached hydrogens (tertiary/aromatic N) is 1. The van der Waals surface area contributed by atoms with Crippen molar-refractivity contribution in [2.75, 3.05) is 23.6 Å². The number of benzene rings is 3. The number of likely N-dealkylation sites (N-methyl/N-ethyl adjacent to an activating group) is 1. The number of H-pyrrole nitrogens is 2. The second-order valence-corrected chi connectivity index (χ2v) is 10.3. The fourth-order valence-electron chi connectivity index (χ4n) is 3.38. The lowest BCUT2D eigenvalue weighted by Gasteiger charge is -2.18. The number of carbonyl (C=O) groups is 2. The number of hydrogen-bond acceptors (Lipinski definition) is 5. The van der Waals surface area contributed by atoms with Crippen molar-refractivity contribution in [2.24, 2.45) is 0 Å². The maximum atomic E-state index is 12.7. The highest BCUT2D eigenvalue weighted by Crippen LogP contribution is 2.29. The Balaban J connectivity index is 1.41. The molecule has 186 valence electrons. The summed E-state index contributed by atoms with van der Waals surface area (Å²) in [5.41, 5.74) is 1.12. The fourth-order valence-corrected chi connectivity index (χ4v) is 4.95. The van der Waals surface area contributed by atoms with Gasteiger partial charge in [0, 0.05) is 18.3 Å². The van der Waals surface area contributed by atoms with Gasteiger partial charge in [-0.15, -0.1) is 0 Å². The first kappa shape index (κ1) is 25.3. The van der Waals surface area contributed by atoms with Gasteiger partial charge in [0.25, 0.3) is 15.9 Å². The molecule has 0 fully saturated rings. The highest BCUT2D eigenvalue weighted by Gasteiger charge is 2.19. The normalized spacial score (nSPS) is 11.3. The van der Waals surface area contributed by atoms with Crippen molar-refractivity contribution >= 4 is 67.4 Å². The number of anilines is 2. The summed E-state index contributed by atoms with van der Waals surface area (Å²) < 4.78 is 27.9. The van der Waals surface area contributed by atoms with Gasteiger partial charge in [0.1, 0.15) is 0 Å². The number of carbonyl (C=O) groups excluding carboxylic acids is 2. The minimum Gasteiger partial charge on any atom is -0.332 e. The monoisotopic (exact) mass is 547 g/mol. The Bertz CT molecular complexity index is 1610. The second-order valence-electron chi connectivity index (χ2n) is 7.78. The van der Waals surface area contributed by atoms with Crippen LogP contribution in [0.3, 0.4) is 0 Å². The summed E-state index contributed by atoms with van der Waals surface area (Å²) in [7, 11) is -2.50. The summed E-state index contributed by atoms with van der Waals surface area (Å²) >= 11 is 12.1. The lowest BCUT2D eigenvalue weighted by molar-refractivity contribution is -0.116. The molecule has 0 aliphatic carbocycles. The third kappa shape index (κ3) is 5.54. The van der Waals surface area contributed by atoms with Gasteiger partial charge in [-0.3, -0.25) is 14.3 Å². The van der Waals surface area contributed by atoms with E-state index < -0.39 is 27.5 Å². The van der Waals surface area contributed by atoms with Gasteiger partial charge in [0.15, 0.2) is 0 Å². The SMILES string of the molecule is CN(CC(=O)Nc1c(Cl)cccc1Cl)C(=O)c1ccc(NS(=O)(=O)c2ccc3[nH]c(=O)[nH]c3c2)cc1. The van der Waals surface area contributed by atoms with Crippen LogP contribution in [0.4, 0.5) is 11.4 Å². The third-order valence-corrected chi connectivity index (χ3v) is 7.15. The third-order valence-electron chi connectivity index (χ3n) is 5.14. The second kappa shape index (κ2) is 10.1. The maximum Gasteiger partial charge on any atom is 0.323 e. The Morgan fingerprint density at radius 2 is 1.58 bits per heavy atom. The summed E-state index contributed by atoms with van der Waals surface area (Å²) in [6, 6.07) is 14.7. The Kier molecular flexibility index (Phi) is 7.07. The summed E-state index contributed by atoms with van der Waals surface area (Å²) in [4.78, 5) is 42.7. The molecule has 2 amide bonds. The zero-order valence-electron chi connectivity index (χ0n) is 18.6. The lowest BCUT2D eigenvalue weighted by atomic mass is 10.2. The minimum atomic E-state index is -3.95. The molecule has 1 aromatic heterocycles.